The van der Waals surface area contributed by atoms with Gasteiger partial charge in [-0.1, -0.05) is 66.4 Å². The van der Waals surface area contributed by atoms with Crippen molar-refractivity contribution in [2.75, 3.05) is 0 Å². The summed E-state index contributed by atoms with van der Waals surface area (Å²) in [4.78, 5) is 0. The Morgan fingerprint density at radius 2 is 1.11 bits per heavy atom. The van der Waals surface area contributed by atoms with Crippen molar-refractivity contribution in [2.24, 2.45) is 0 Å². The van der Waals surface area contributed by atoms with Crippen LogP contribution in [0.1, 0.15) is 11.1 Å². The number of hydrogen-bond acceptors (Lipinski definition) is 0. The van der Waals surface area contributed by atoms with Crippen molar-refractivity contribution in [1.29, 1.82) is 0 Å². The van der Waals surface area contributed by atoms with E-state index in [9.17, 15) is 0 Å². The van der Waals surface area contributed by atoms with Crippen LogP contribution in [-0.2, 0) is 0 Å². The Hall–Kier alpha value is -3.76. The molecule has 1 aromatic heterocycles. The first-order valence-electron chi connectivity index (χ1n) is 9.06. The second kappa shape index (κ2) is 6.52. The van der Waals surface area contributed by atoms with E-state index in [0.29, 0.717) is 0 Å². The van der Waals surface area contributed by atoms with Gasteiger partial charge in [0.25, 0.3) is 0 Å². The fraction of sp³-hybridized carbons (Fsp3) is 0. The van der Waals surface area contributed by atoms with Crippen LogP contribution in [0.2, 0.25) is 0 Å². The number of aromatic nitrogens is 1. The average Bonchev–Trinajstić information content (AvgIpc) is 3.07. The van der Waals surface area contributed by atoms with Crippen molar-refractivity contribution in [1.82, 2.24) is 4.57 Å². The van der Waals surface area contributed by atoms with Crippen molar-refractivity contribution in [2.45, 2.75) is 0 Å². The Bertz CT molecular complexity index is 1300. The SMILES string of the molecule is C(#Cc1ccc2c(c1)c1ccccc1n2-c1ccccc1)c1ccccc1. The molecule has 0 unspecified atom stereocenters. The topological polar surface area (TPSA) is 4.93 Å². The molecule has 0 aliphatic heterocycles. The van der Waals surface area contributed by atoms with Gasteiger partial charge in [-0.25, -0.2) is 0 Å². The maximum absolute atomic E-state index is 3.31. The van der Waals surface area contributed by atoms with E-state index in [4.69, 9.17) is 0 Å². The Balaban J connectivity index is 1.73. The molecule has 1 nitrogen and oxygen atoms in total. The standard InChI is InChI=1S/C26H17N/c1-3-9-20(10-4-1)15-16-21-17-18-26-24(19-21)23-13-7-8-14-25(23)27(26)22-11-5-2-6-12-22/h1-14,17-19H. The first-order valence-corrected chi connectivity index (χ1v) is 9.06. The highest BCUT2D eigenvalue weighted by Gasteiger charge is 2.11. The molecule has 4 aromatic carbocycles. The summed E-state index contributed by atoms with van der Waals surface area (Å²) in [6.07, 6.45) is 0. The third kappa shape index (κ3) is 2.78. The van der Waals surface area contributed by atoms with Crippen molar-refractivity contribution in [3.8, 4) is 17.5 Å². The maximum Gasteiger partial charge on any atom is 0.0541 e. The van der Waals surface area contributed by atoms with Gasteiger partial charge in [0.1, 0.15) is 0 Å². The van der Waals surface area contributed by atoms with E-state index in [1.54, 1.807) is 0 Å². The Labute approximate surface area is 158 Å². The second-order valence-corrected chi connectivity index (χ2v) is 6.54. The van der Waals surface area contributed by atoms with Gasteiger partial charge >= 0.3 is 0 Å². The first-order chi connectivity index (χ1) is 13.4. The molecule has 0 atom stereocenters. The predicted molar refractivity (Wildman–Crippen MR) is 113 cm³/mol. The molecular weight excluding hydrogens is 326 g/mol. The van der Waals surface area contributed by atoms with E-state index >= 15 is 0 Å². The normalized spacial score (nSPS) is 10.7. The summed E-state index contributed by atoms with van der Waals surface area (Å²) in [5.41, 5.74) is 5.65. The molecule has 126 valence electrons. The number of nitrogens with zero attached hydrogens (tertiary/aromatic N) is 1. The highest BCUT2D eigenvalue weighted by Crippen LogP contribution is 2.32. The molecule has 0 aliphatic carbocycles. The van der Waals surface area contributed by atoms with Gasteiger partial charge in [-0.3, -0.25) is 0 Å². The van der Waals surface area contributed by atoms with E-state index in [2.05, 4.69) is 89.2 Å². The monoisotopic (exact) mass is 343 g/mol. The van der Waals surface area contributed by atoms with Crippen molar-refractivity contribution >= 4 is 21.8 Å². The quantitative estimate of drug-likeness (QED) is 0.320. The summed E-state index contributed by atoms with van der Waals surface area (Å²) in [5, 5.41) is 2.48. The molecule has 0 bridgehead atoms. The van der Waals surface area contributed by atoms with Gasteiger partial charge in [-0.15, -0.1) is 0 Å². The molecule has 0 N–H and O–H groups in total. The summed E-state index contributed by atoms with van der Waals surface area (Å²) < 4.78 is 2.32. The minimum absolute atomic E-state index is 1.03. The molecule has 0 spiro atoms. The molecule has 0 fully saturated rings. The Morgan fingerprint density at radius 3 is 1.93 bits per heavy atom. The Kier molecular flexibility index (Phi) is 3.74. The predicted octanol–water partition coefficient (Wildman–Crippen LogP) is 6.18. The molecule has 0 saturated heterocycles. The summed E-state index contributed by atoms with van der Waals surface area (Å²) in [6, 6.07) is 35.7. The van der Waals surface area contributed by atoms with Crippen LogP contribution in [0, 0.1) is 11.8 Å². The number of para-hydroxylation sites is 2. The third-order valence-electron chi connectivity index (χ3n) is 4.81. The summed E-state index contributed by atoms with van der Waals surface area (Å²) >= 11 is 0. The smallest absolute Gasteiger partial charge is 0.0541 e. The third-order valence-corrected chi connectivity index (χ3v) is 4.81. The minimum atomic E-state index is 1.03. The average molecular weight is 343 g/mol. The summed E-state index contributed by atoms with van der Waals surface area (Å²) in [7, 11) is 0. The van der Waals surface area contributed by atoms with Crippen molar-refractivity contribution in [3.05, 3.63) is 114 Å². The van der Waals surface area contributed by atoms with Gasteiger partial charge in [0, 0.05) is 27.6 Å². The highest BCUT2D eigenvalue weighted by molar-refractivity contribution is 6.09. The zero-order valence-corrected chi connectivity index (χ0v) is 14.8. The zero-order chi connectivity index (χ0) is 18.1. The lowest BCUT2D eigenvalue weighted by molar-refractivity contribution is 1.18. The molecule has 0 radical (unpaired) electrons. The van der Waals surface area contributed by atoms with Crippen LogP contribution in [0.4, 0.5) is 0 Å². The lowest BCUT2D eigenvalue weighted by Gasteiger charge is -2.07. The van der Waals surface area contributed by atoms with E-state index < -0.39 is 0 Å². The number of benzene rings is 4. The van der Waals surface area contributed by atoms with Crippen LogP contribution >= 0.6 is 0 Å². The van der Waals surface area contributed by atoms with Gasteiger partial charge in [-0.2, -0.15) is 0 Å². The van der Waals surface area contributed by atoms with Gasteiger partial charge in [0.15, 0.2) is 0 Å². The van der Waals surface area contributed by atoms with Gasteiger partial charge in [0.05, 0.1) is 11.0 Å². The van der Waals surface area contributed by atoms with Crippen LogP contribution in [-0.4, -0.2) is 4.57 Å². The number of hydrogen-bond donors (Lipinski definition) is 0. The van der Waals surface area contributed by atoms with Crippen molar-refractivity contribution in [3.63, 3.8) is 0 Å². The summed E-state index contributed by atoms with van der Waals surface area (Å²) in [6.45, 7) is 0. The largest absolute Gasteiger partial charge is 0.309 e. The molecule has 0 aliphatic rings. The highest BCUT2D eigenvalue weighted by atomic mass is 15.0. The second-order valence-electron chi connectivity index (χ2n) is 6.54. The first kappa shape index (κ1) is 15.5. The van der Waals surface area contributed by atoms with E-state index in [1.165, 1.54) is 27.5 Å². The van der Waals surface area contributed by atoms with Crippen LogP contribution in [0.5, 0.6) is 0 Å². The van der Waals surface area contributed by atoms with E-state index in [-0.39, 0.29) is 0 Å². The Morgan fingerprint density at radius 1 is 0.481 bits per heavy atom. The number of fused-ring (bicyclic) bond motifs is 3. The lowest BCUT2D eigenvalue weighted by atomic mass is 10.1. The van der Waals surface area contributed by atoms with Crippen LogP contribution in [0.15, 0.2) is 103 Å². The van der Waals surface area contributed by atoms with Crippen LogP contribution in [0.3, 0.4) is 0 Å². The van der Waals surface area contributed by atoms with E-state index in [0.717, 1.165) is 11.1 Å². The molecule has 5 aromatic rings. The molecule has 0 saturated carbocycles. The van der Waals surface area contributed by atoms with Gasteiger partial charge in [-0.05, 0) is 48.5 Å². The summed E-state index contributed by atoms with van der Waals surface area (Å²) in [5.74, 6) is 6.56. The zero-order valence-electron chi connectivity index (χ0n) is 14.8. The van der Waals surface area contributed by atoms with Crippen LogP contribution < -0.4 is 0 Å². The number of rotatable bonds is 1. The van der Waals surface area contributed by atoms with Gasteiger partial charge in [0.2, 0.25) is 0 Å². The molecule has 5 rings (SSSR count). The van der Waals surface area contributed by atoms with Crippen molar-refractivity contribution < 1.29 is 0 Å². The molecule has 1 heterocycles. The molecular formula is C26H17N. The molecule has 0 amide bonds. The molecule has 27 heavy (non-hydrogen) atoms. The minimum Gasteiger partial charge on any atom is -0.309 e. The lowest BCUT2D eigenvalue weighted by Crippen LogP contribution is -1.92. The van der Waals surface area contributed by atoms with E-state index in [1.807, 2.05) is 30.3 Å². The van der Waals surface area contributed by atoms with Gasteiger partial charge < -0.3 is 4.57 Å². The fourth-order valence-electron chi connectivity index (χ4n) is 3.57. The van der Waals surface area contributed by atoms with Crippen LogP contribution in [0.25, 0.3) is 27.5 Å². The molecule has 1 heteroatoms. The fourth-order valence-corrected chi connectivity index (χ4v) is 3.57. The maximum atomic E-state index is 3.31.